The molecule has 0 aliphatic carbocycles. The van der Waals surface area contributed by atoms with Gasteiger partial charge < -0.3 is 20.5 Å². The smallest absolute Gasteiger partial charge is 0.387 e. The van der Waals surface area contributed by atoms with Crippen LogP contribution in [0.25, 0.3) is 0 Å². The summed E-state index contributed by atoms with van der Waals surface area (Å²) in [6.45, 7) is -1.08. The number of halogens is 2. The molecule has 0 saturated heterocycles. The van der Waals surface area contributed by atoms with E-state index in [1.165, 1.54) is 30.9 Å². The summed E-state index contributed by atoms with van der Waals surface area (Å²) < 4.78 is 34.4. The molecule has 0 atom stereocenters. The molecule has 3 N–H and O–H groups in total. The second-order valence-corrected chi connectivity index (χ2v) is 4.55. The average molecular weight is 322 g/mol. The predicted octanol–water partition coefficient (Wildman–Crippen LogP) is 2.68. The lowest BCUT2D eigenvalue weighted by Gasteiger charge is -2.10. The molecule has 2 aromatic rings. The van der Waals surface area contributed by atoms with Crippen LogP contribution in [0.3, 0.4) is 0 Å². The second kappa shape index (κ2) is 7.92. The average Bonchev–Trinajstić information content (AvgIpc) is 2.54. The van der Waals surface area contributed by atoms with Crippen molar-refractivity contribution in [3.63, 3.8) is 0 Å². The van der Waals surface area contributed by atoms with Gasteiger partial charge in [0.05, 0.1) is 11.9 Å². The Morgan fingerprint density at radius 3 is 2.91 bits per heavy atom. The van der Waals surface area contributed by atoms with Crippen LogP contribution in [0.1, 0.15) is 5.56 Å². The summed E-state index contributed by atoms with van der Waals surface area (Å²) in [6, 6.07) is 4.86. The van der Waals surface area contributed by atoms with E-state index in [1.807, 2.05) is 0 Å². The molecule has 122 valence electrons. The van der Waals surface area contributed by atoms with Gasteiger partial charge in [-0.1, -0.05) is 6.07 Å². The molecule has 23 heavy (non-hydrogen) atoms. The van der Waals surface area contributed by atoms with Gasteiger partial charge in [0.25, 0.3) is 0 Å². The third-order valence-corrected chi connectivity index (χ3v) is 2.75. The molecular weight excluding hydrogens is 306 g/mol. The van der Waals surface area contributed by atoms with Gasteiger partial charge in [-0.2, -0.15) is 8.78 Å². The Morgan fingerprint density at radius 2 is 2.22 bits per heavy atom. The topological polar surface area (TPSA) is 82.3 Å². The van der Waals surface area contributed by atoms with Crippen LogP contribution in [0.5, 0.6) is 11.6 Å². The van der Waals surface area contributed by atoms with Crippen LogP contribution in [0.2, 0.25) is 0 Å². The quantitative estimate of drug-likeness (QED) is 0.815. The largest absolute Gasteiger partial charge is 0.470 e. The predicted molar refractivity (Wildman–Crippen MR) is 81.2 cm³/mol. The molecule has 0 aliphatic rings. The molecule has 6 nitrogen and oxygen atoms in total. The molecule has 0 unspecified atom stereocenters. The fourth-order valence-electron chi connectivity index (χ4n) is 1.65. The second-order valence-electron chi connectivity index (χ2n) is 4.55. The zero-order chi connectivity index (χ0) is 16.7. The van der Waals surface area contributed by atoms with E-state index in [1.54, 1.807) is 19.1 Å². The summed E-state index contributed by atoms with van der Waals surface area (Å²) >= 11 is 0. The Hall–Kier alpha value is -2.90. The van der Waals surface area contributed by atoms with Crippen LogP contribution in [0, 0.1) is 6.92 Å². The first-order valence-electron chi connectivity index (χ1n) is 6.70. The van der Waals surface area contributed by atoms with Crippen LogP contribution in [0.4, 0.5) is 14.5 Å². The van der Waals surface area contributed by atoms with Crippen molar-refractivity contribution in [2.45, 2.75) is 13.5 Å². The normalized spacial score (nSPS) is 11.4. The fourth-order valence-corrected chi connectivity index (χ4v) is 1.65. The number of benzene rings is 1. The van der Waals surface area contributed by atoms with Crippen molar-refractivity contribution in [1.82, 2.24) is 9.97 Å². The van der Waals surface area contributed by atoms with Gasteiger partial charge in [0.2, 0.25) is 5.88 Å². The number of hydrogen-bond acceptors (Lipinski definition) is 6. The minimum atomic E-state index is -2.87. The van der Waals surface area contributed by atoms with Crippen LogP contribution in [-0.4, -0.2) is 23.2 Å². The number of aryl methyl sites for hydroxylation is 1. The van der Waals surface area contributed by atoms with Gasteiger partial charge in [-0.15, -0.1) is 0 Å². The molecule has 8 heteroatoms. The fraction of sp³-hybridized carbons (Fsp3) is 0.200. The highest BCUT2D eigenvalue weighted by Gasteiger charge is 2.07. The zero-order valence-corrected chi connectivity index (χ0v) is 12.4. The third kappa shape index (κ3) is 5.42. The zero-order valence-electron chi connectivity index (χ0n) is 12.4. The van der Waals surface area contributed by atoms with Gasteiger partial charge in [0.1, 0.15) is 12.4 Å². The molecule has 0 bridgehead atoms. The maximum absolute atomic E-state index is 12.3. The van der Waals surface area contributed by atoms with E-state index in [0.717, 1.165) is 0 Å². The third-order valence-electron chi connectivity index (χ3n) is 2.75. The van der Waals surface area contributed by atoms with Gasteiger partial charge in [0, 0.05) is 30.3 Å². The Bertz CT molecular complexity index is 666. The lowest BCUT2D eigenvalue weighted by Crippen LogP contribution is -2.11. The summed E-state index contributed by atoms with van der Waals surface area (Å²) in [4.78, 5) is 7.80. The number of ether oxygens (including phenoxy) is 2. The number of anilines is 1. The van der Waals surface area contributed by atoms with Gasteiger partial charge in [0.15, 0.2) is 0 Å². The number of rotatable bonds is 7. The van der Waals surface area contributed by atoms with E-state index in [-0.39, 0.29) is 12.4 Å². The van der Waals surface area contributed by atoms with Crippen LogP contribution in [-0.2, 0) is 0 Å². The first-order valence-corrected chi connectivity index (χ1v) is 6.70. The Kier molecular flexibility index (Phi) is 5.67. The first kappa shape index (κ1) is 16.5. The summed E-state index contributed by atoms with van der Waals surface area (Å²) in [5.74, 6) is 0.458. The number of nitrogens with two attached hydrogens (primary N) is 1. The molecule has 1 heterocycles. The van der Waals surface area contributed by atoms with E-state index in [0.29, 0.717) is 22.8 Å². The molecule has 0 fully saturated rings. The van der Waals surface area contributed by atoms with Gasteiger partial charge in [-0.3, -0.25) is 4.98 Å². The van der Waals surface area contributed by atoms with Gasteiger partial charge >= 0.3 is 6.61 Å². The molecule has 0 amide bonds. The van der Waals surface area contributed by atoms with Crippen molar-refractivity contribution in [3.05, 3.63) is 54.3 Å². The Labute approximate surface area is 132 Å². The van der Waals surface area contributed by atoms with Gasteiger partial charge in [-0.25, -0.2) is 4.98 Å². The molecule has 1 aromatic carbocycles. The molecule has 2 rings (SSSR count). The van der Waals surface area contributed by atoms with Crippen LogP contribution >= 0.6 is 0 Å². The van der Waals surface area contributed by atoms with E-state index >= 15 is 0 Å². The summed E-state index contributed by atoms with van der Waals surface area (Å²) in [7, 11) is 0. The monoisotopic (exact) mass is 322 g/mol. The van der Waals surface area contributed by atoms with Crippen LogP contribution < -0.4 is 20.5 Å². The summed E-state index contributed by atoms with van der Waals surface area (Å²) in [5.41, 5.74) is 7.36. The lowest BCUT2D eigenvalue weighted by atomic mass is 10.2. The standard InChI is InChI=1S/C15H16F2N4O2/c1-10-2-3-12(6-13(10)23-15(16)17)21-7-11(18)9-22-14-8-19-4-5-20-14/h2-8,15,21H,9,18H2,1H3/b11-7-. The molecule has 0 spiro atoms. The minimum absolute atomic E-state index is 0.104. The number of nitrogens with one attached hydrogen (secondary N) is 1. The number of alkyl halides is 2. The van der Waals surface area contributed by atoms with Crippen LogP contribution in [0.15, 0.2) is 48.7 Å². The minimum Gasteiger partial charge on any atom is -0.470 e. The Morgan fingerprint density at radius 1 is 1.39 bits per heavy atom. The van der Waals surface area contributed by atoms with E-state index in [9.17, 15) is 8.78 Å². The van der Waals surface area contributed by atoms with Gasteiger partial charge in [-0.05, 0) is 18.6 Å². The lowest BCUT2D eigenvalue weighted by molar-refractivity contribution is -0.0502. The highest BCUT2D eigenvalue weighted by atomic mass is 19.3. The van der Waals surface area contributed by atoms with E-state index in [4.69, 9.17) is 10.5 Å². The van der Waals surface area contributed by atoms with Crippen molar-refractivity contribution in [2.24, 2.45) is 5.73 Å². The molecule has 1 aromatic heterocycles. The molecule has 0 radical (unpaired) electrons. The molecule has 0 aliphatic heterocycles. The number of hydrogen-bond donors (Lipinski definition) is 2. The van der Waals surface area contributed by atoms with E-state index in [2.05, 4.69) is 20.0 Å². The summed E-state index contributed by atoms with van der Waals surface area (Å²) in [5, 5.41) is 2.89. The maximum Gasteiger partial charge on any atom is 0.387 e. The number of nitrogens with zero attached hydrogens (tertiary/aromatic N) is 2. The van der Waals surface area contributed by atoms with Crippen molar-refractivity contribution < 1.29 is 18.3 Å². The van der Waals surface area contributed by atoms with Crippen molar-refractivity contribution in [2.75, 3.05) is 11.9 Å². The maximum atomic E-state index is 12.3. The highest BCUT2D eigenvalue weighted by Crippen LogP contribution is 2.24. The molecular formula is C15H16F2N4O2. The van der Waals surface area contributed by atoms with Crippen molar-refractivity contribution in [1.29, 1.82) is 0 Å². The first-order chi connectivity index (χ1) is 11.0. The summed E-state index contributed by atoms with van der Waals surface area (Å²) in [6.07, 6.45) is 6.01. The van der Waals surface area contributed by atoms with Crippen molar-refractivity contribution in [3.8, 4) is 11.6 Å². The SMILES string of the molecule is Cc1ccc(N/C=C(\N)COc2cnccn2)cc1OC(F)F. The van der Waals surface area contributed by atoms with E-state index < -0.39 is 6.61 Å². The highest BCUT2D eigenvalue weighted by molar-refractivity contribution is 5.53. The van der Waals surface area contributed by atoms with Crippen molar-refractivity contribution >= 4 is 5.69 Å². The Balaban J connectivity index is 1.93. The molecule has 0 saturated carbocycles. The number of aromatic nitrogens is 2.